The van der Waals surface area contributed by atoms with Gasteiger partial charge in [0, 0.05) is 9.75 Å². The van der Waals surface area contributed by atoms with Gasteiger partial charge in [-0.2, -0.15) is 0 Å². The minimum absolute atomic E-state index is 0.0316. The standard InChI is InChI=1S/C13H17NOS/c14-13(10-5-1-2-7-15-10)12-8-9-4-3-6-11(9)16-12/h5,8,13H,1-4,6-7,14H2. The number of ether oxygens (including phenoxy) is 1. The first-order chi connectivity index (χ1) is 7.84. The Morgan fingerprint density at radius 3 is 3.00 bits per heavy atom. The third-order valence-electron chi connectivity index (χ3n) is 3.34. The average Bonchev–Trinajstić information content (AvgIpc) is 2.89. The van der Waals surface area contributed by atoms with Gasteiger partial charge in [-0.1, -0.05) is 0 Å². The lowest BCUT2D eigenvalue weighted by atomic mass is 10.1. The molecular formula is C13H17NOS. The molecule has 2 aliphatic rings. The van der Waals surface area contributed by atoms with E-state index in [-0.39, 0.29) is 6.04 Å². The lowest BCUT2D eigenvalue weighted by molar-refractivity contribution is 0.176. The van der Waals surface area contributed by atoms with E-state index in [0.717, 1.165) is 25.2 Å². The summed E-state index contributed by atoms with van der Waals surface area (Å²) in [7, 11) is 0. The van der Waals surface area contributed by atoms with Crippen molar-refractivity contribution in [2.75, 3.05) is 6.61 Å². The summed E-state index contributed by atoms with van der Waals surface area (Å²) in [6.07, 6.45) is 8.17. The summed E-state index contributed by atoms with van der Waals surface area (Å²) in [6.45, 7) is 0.824. The second-order valence-electron chi connectivity index (χ2n) is 4.53. The van der Waals surface area contributed by atoms with Crippen LogP contribution in [0.1, 0.15) is 40.6 Å². The van der Waals surface area contributed by atoms with Crippen LogP contribution in [0.3, 0.4) is 0 Å². The van der Waals surface area contributed by atoms with Crippen LogP contribution in [0.4, 0.5) is 0 Å². The predicted molar refractivity (Wildman–Crippen MR) is 66.5 cm³/mol. The van der Waals surface area contributed by atoms with Gasteiger partial charge in [-0.05, 0) is 49.8 Å². The van der Waals surface area contributed by atoms with Crippen LogP contribution in [0.15, 0.2) is 17.9 Å². The van der Waals surface area contributed by atoms with Crippen LogP contribution in [-0.2, 0) is 17.6 Å². The first-order valence-corrected chi connectivity index (χ1v) is 6.86. The Balaban J connectivity index is 1.83. The highest BCUT2D eigenvalue weighted by atomic mass is 32.1. The molecule has 2 heterocycles. The predicted octanol–water partition coefficient (Wildman–Crippen LogP) is 2.93. The van der Waals surface area contributed by atoms with Crippen LogP contribution in [0.25, 0.3) is 0 Å². The summed E-state index contributed by atoms with van der Waals surface area (Å²) >= 11 is 1.88. The van der Waals surface area contributed by atoms with Gasteiger partial charge in [0.1, 0.15) is 5.76 Å². The van der Waals surface area contributed by atoms with Crippen molar-refractivity contribution in [3.05, 3.63) is 33.2 Å². The summed E-state index contributed by atoms with van der Waals surface area (Å²) in [6, 6.07) is 2.26. The van der Waals surface area contributed by atoms with E-state index in [4.69, 9.17) is 10.5 Å². The van der Waals surface area contributed by atoms with Crippen molar-refractivity contribution in [2.24, 2.45) is 5.73 Å². The number of thiophene rings is 1. The molecule has 1 aromatic rings. The van der Waals surface area contributed by atoms with E-state index in [9.17, 15) is 0 Å². The van der Waals surface area contributed by atoms with Gasteiger partial charge in [0.2, 0.25) is 0 Å². The second kappa shape index (κ2) is 4.22. The zero-order valence-corrected chi connectivity index (χ0v) is 10.2. The van der Waals surface area contributed by atoms with E-state index in [2.05, 4.69) is 12.1 Å². The van der Waals surface area contributed by atoms with E-state index in [1.54, 1.807) is 4.88 Å². The molecule has 1 atom stereocenters. The van der Waals surface area contributed by atoms with E-state index in [1.165, 1.54) is 29.7 Å². The minimum atomic E-state index is -0.0316. The molecular weight excluding hydrogens is 218 g/mol. The zero-order chi connectivity index (χ0) is 11.0. The van der Waals surface area contributed by atoms with Crippen LogP contribution in [0.5, 0.6) is 0 Å². The number of hydrogen-bond donors (Lipinski definition) is 1. The van der Waals surface area contributed by atoms with E-state index >= 15 is 0 Å². The lowest BCUT2D eigenvalue weighted by Crippen LogP contribution is -2.16. The molecule has 2 nitrogen and oxygen atoms in total. The van der Waals surface area contributed by atoms with Crippen molar-refractivity contribution < 1.29 is 4.74 Å². The molecule has 86 valence electrons. The molecule has 0 radical (unpaired) electrons. The van der Waals surface area contributed by atoms with Crippen LogP contribution in [-0.4, -0.2) is 6.61 Å². The number of hydrogen-bond acceptors (Lipinski definition) is 3. The maximum Gasteiger partial charge on any atom is 0.114 e. The fraction of sp³-hybridized carbons (Fsp3) is 0.538. The van der Waals surface area contributed by atoms with Gasteiger partial charge < -0.3 is 10.5 Å². The van der Waals surface area contributed by atoms with Gasteiger partial charge in [-0.3, -0.25) is 0 Å². The summed E-state index contributed by atoms with van der Waals surface area (Å²) in [5.74, 6) is 0.978. The average molecular weight is 235 g/mol. The topological polar surface area (TPSA) is 35.2 Å². The van der Waals surface area contributed by atoms with Gasteiger partial charge in [-0.15, -0.1) is 11.3 Å². The molecule has 0 bridgehead atoms. The molecule has 0 saturated carbocycles. The van der Waals surface area contributed by atoms with Crippen molar-refractivity contribution in [1.82, 2.24) is 0 Å². The minimum Gasteiger partial charge on any atom is -0.496 e. The Morgan fingerprint density at radius 2 is 2.25 bits per heavy atom. The van der Waals surface area contributed by atoms with Crippen molar-refractivity contribution in [1.29, 1.82) is 0 Å². The maximum absolute atomic E-state index is 6.25. The third-order valence-corrected chi connectivity index (χ3v) is 4.66. The molecule has 0 spiro atoms. The molecule has 0 fully saturated rings. The third kappa shape index (κ3) is 1.78. The van der Waals surface area contributed by atoms with E-state index in [1.807, 2.05) is 11.3 Å². The SMILES string of the molecule is NC(C1=CCCCO1)c1cc2c(s1)CCC2. The fourth-order valence-corrected chi connectivity index (χ4v) is 3.71. The van der Waals surface area contributed by atoms with E-state index in [0.29, 0.717) is 0 Å². The summed E-state index contributed by atoms with van der Waals surface area (Å²) in [5.41, 5.74) is 7.77. The Labute approximate surface area is 100 Å². The summed E-state index contributed by atoms with van der Waals surface area (Å²) in [5, 5.41) is 0. The molecule has 3 heteroatoms. The molecule has 1 aliphatic heterocycles. The van der Waals surface area contributed by atoms with Crippen LogP contribution in [0, 0.1) is 0 Å². The largest absolute Gasteiger partial charge is 0.496 e. The second-order valence-corrected chi connectivity index (χ2v) is 5.69. The first-order valence-electron chi connectivity index (χ1n) is 6.04. The van der Waals surface area contributed by atoms with Crippen molar-refractivity contribution >= 4 is 11.3 Å². The monoisotopic (exact) mass is 235 g/mol. The molecule has 0 aromatic carbocycles. The van der Waals surface area contributed by atoms with Gasteiger partial charge >= 0.3 is 0 Å². The van der Waals surface area contributed by atoms with E-state index < -0.39 is 0 Å². The fourth-order valence-electron chi connectivity index (χ4n) is 2.44. The quantitative estimate of drug-likeness (QED) is 0.855. The number of allylic oxidation sites excluding steroid dienone is 1. The van der Waals surface area contributed by atoms with Gasteiger partial charge in [0.25, 0.3) is 0 Å². The first kappa shape index (κ1) is 10.4. The molecule has 1 aliphatic carbocycles. The highest BCUT2D eigenvalue weighted by Crippen LogP contribution is 2.35. The van der Waals surface area contributed by atoms with Gasteiger partial charge in [0.05, 0.1) is 12.6 Å². The van der Waals surface area contributed by atoms with Crippen molar-refractivity contribution in [3.8, 4) is 0 Å². The highest BCUT2D eigenvalue weighted by Gasteiger charge is 2.21. The molecule has 3 rings (SSSR count). The zero-order valence-electron chi connectivity index (χ0n) is 9.37. The number of fused-ring (bicyclic) bond motifs is 1. The van der Waals surface area contributed by atoms with Crippen LogP contribution in [0.2, 0.25) is 0 Å². The lowest BCUT2D eigenvalue weighted by Gasteiger charge is -2.19. The van der Waals surface area contributed by atoms with Gasteiger partial charge in [0.15, 0.2) is 0 Å². The normalized spacial score (nSPS) is 21.2. The Hall–Kier alpha value is -0.800. The van der Waals surface area contributed by atoms with Gasteiger partial charge in [-0.25, -0.2) is 0 Å². The maximum atomic E-state index is 6.25. The smallest absolute Gasteiger partial charge is 0.114 e. The Bertz CT molecular complexity index is 400. The number of rotatable bonds is 2. The Kier molecular flexibility index (Phi) is 2.74. The van der Waals surface area contributed by atoms with Crippen molar-refractivity contribution in [3.63, 3.8) is 0 Å². The number of aryl methyl sites for hydroxylation is 2. The molecule has 16 heavy (non-hydrogen) atoms. The molecule has 2 N–H and O–H groups in total. The molecule has 1 aromatic heterocycles. The summed E-state index contributed by atoms with van der Waals surface area (Å²) < 4.78 is 5.64. The molecule has 0 amide bonds. The highest BCUT2D eigenvalue weighted by molar-refractivity contribution is 7.12. The number of nitrogens with two attached hydrogens (primary N) is 1. The Morgan fingerprint density at radius 1 is 1.31 bits per heavy atom. The van der Waals surface area contributed by atoms with Crippen LogP contribution >= 0.6 is 11.3 Å². The van der Waals surface area contributed by atoms with Crippen molar-refractivity contribution in [2.45, 2.75) is 38.1 Å². The molecule has 0 saturated heterocycles. The van der Waals surface area contributed by atoms with Crippen LogP contribution < -0.4 is 5.73 Å². The summed E-state index contributed by atoms with van der Waals surface area (Å²) in [4.78, 5) is 2.82. The molecule has 1 unspecified atom stereocenters.